The number of nitrogens with one attached hydrogen (secondary N) is 1. The molecule has 3 aliphatic heterocycles. The molecule has 3 aliphatic rings. The Kier molecular flexibility index (Phi) is 12.5. The van der Waals surface area contributed by atoms with Crippen LogP contribution in [0.3, 0.4) is 0 Å². The Morgan fingerprint density at radius 3 is 2.58 bits per heavy atom. The molecule has 2 saturated heterocycles. The zero-order chi connectivity index (χ0) is 35.9. The minimum Gasteiger partial charge on any atom is -0.465 e. The predicted molar refractivity (Wildman–Crippen MR) is 178 cm³/mol. The van der Waals surface area contributed by atoms with E-state index in [4.69, 9.17) is 23.7 Å². The number of sulfonamides is 1. The number of amides is 2. The van der Waals surface area contributed by atoms with Crippen molar-refractivity contribution in [2.24, 2.45) is 11.3 Å². The van der Waals surface area contributed by atoms with Gasteiger partial charge >= 0.3 is 12.2 Å². The van der Waals surface area contributed by atoms with Crippen molar-refractivity contribution in [2.45, 2.75) is 69.0 Å². The van der Waals surface area contributed by atoms with Gasteiger partial charge in [0.25, 0.3) is 0 Å². The second kappa shape index (κ2) is 16.6. The number of fused-ring (bicyclic) bond motifs is 2. The largest absolute Gasteiger partial charge is 0.465 e. The van der Waals surface area contributed by atoms with E-state index in [0.717, 1.165) is 10.5 Å². The molecule has 15 nitrogen and oxygen atoms in total. The molecule has 2 amide bonds. The van der Waals surface area contributed by atoms with Gasteiger partial charge in [-0.05, 0) is 48.8 Å². The van der Waals surface area contributed by atoms with Crippen molar-refractivity contribution in [2.75, 3.05) is 52.8 Å². The van der Waals surface area contributed by atoms with Crippen LogP contribution in [0.2, 0.25) is 0 Å². The number of alkyl carbamates (subject to hydrolysis) is 1. The number of aliphatic hydroxyl groups excluding tert-OH is 2. The van der Waals surface area contributed by atoms with E-state index in [-0.39, 0.29) is 69.2 Å². The van der Waals surface area contributed by atoms with E-state index in [1.165, 1.54) is 22.5 Å². The lowest BCUT2D eigenvalue weighted by molar-refractivity contribution is -0.0907. The summed E-state index contributed by atoms with van der Waals surface area (Å²) in [6.07, 6.45) is -2.52. The first-order valence-electron chi connectivity index (χ1n) is 16.8. The van der Waals surface area contributed by atoms with Gasteiger partial charge in [0, 0.05) is 32.2 Å². The lowest BCUT2D eigenvalue weighted by atomic mass is 9.87. The summed E-state index contributed by atoms with van der Waals surface area (Å²) in [5, 5.41) is 33.2. The molecule has 2 aromatic carbocycles. The van der Waals surface area contributed by atoms with E-state index in [1.54, 1.807) is 0 Å². The molecule has 16 heteroatoms. The Hall–Kier alpha value is -3.67. The molecule has 0 saturated carbocycles. The molecule has 0 aliphatic carbocycles. The third-order valence-corrected chi connectivity index (χ3v) is 11.0. The van der Waals surface area contributed by atoms with Crippen LogP contribution in [-0.4, -0.2) is 122 Å². The minimum atomic E-state index is -4.25. The van der Waals surface area contributed by atoms with Crippen LogP contribution in [0, 0.1) is 11.3 Å². The van der Waals surface area contributed by atoms with Gasteiger partial charge in [-0.3, -0.25) is 0 Å². The van der Waals surface area contributed by atoms with Crippen LogP contribution in [0.1, 0.15) is 38.7 Å². The zero-order valence-corrected chi connectivity index (χ0v) is 29.1. The average molecular weight is 722 g/mol. The Morgan fingerprint density at radius 1 is 1.08 bits per heavy atom. The predicted octanol–water partition coefficient (Wildman–Crippen LogP) is 2.64. The van der Waals surface area contributed by atoms with Crippen LogP contribution in [0.4, 0.5) is 9.59 Å². The van der Waals surface area contributed by atoms with Crippen molar-refractivity contribution in [1.29, 1.82) is 0 Å². The Labute approximate surface area is 292 Å². The fraction of sp³-hybridized carbons (Fsp3) is 0.588. The number of carbonyl (C=O) groups excluding carboxylic acids is 1. The number of rotatable bonds is 17. The van der Waals surface area contributed by atoms with Gasteiger partial charge in [-0.25, -0.2) is 18.0 Å². The highest BCUT2D eigenvalue weighted by Gasteiger charge is 2.44. The number of ether oxygens (including phenoxy) is 5. The van der Waals surface area contributed by atoms with E-state index in [2.05, 4.69) is 5.32 Å². The number of hydrogen-bond acceptors (Lipinski definition) is 11. The lowest BCUT2D eigenvalue weighted by Crippen LogP contribution is -2.52. The Bertz CT molecular complexity index is 1560. The molecule has 276 valence electrons. The molecule has 0 unspecified atom stereocenters. The molecule has 0 spiro atoms. The minimum absolute atomic E-state index is 0.0341. The van der Waals surface area contributed by atoms with Crippen molar-refractivity contribution < 1.29 is 57.0 Å². The van der Waals surface area contributed by atoms with Crippen molar-refractivity contribution >= 4 is 22.2 Å². The molecule has 5 atom stereocenters. The number of carbonyl (C=O) groups is 2. The maximum absolute atomic E-state index is 14.3. The SMILES string of the molecule is CC(C)(CCCN(CCO)C(=O)O)CN(C[C@@H](O)[C@H](Cc1ccccc1)NC(=O)O[C@H]1CO[C@H]2OCC[C@H]21)S(=O)(=O)c1ccc2c(c1)OCO2. The number of aliphatic hydroxyl groups is 2. The molecule has 2 aromatic rings. The van der Waals surface area contributed by atoms with Crippen molar-refractivity contribution in [3.63, 3.8) is 0 Å². The fourth-order valence-electron chi connectivity index (χ4n) is 6.52. The fourth-order valence-corrected chi connectivity index (χ4v) is 8.18. The van der Waals surface area contributed by atoms with E-state index in [9.17, 15) is 33.3 Å². The topological polar surface area (TPSA) is 194 Å². The van der Waals surface area contributed by atoms with Gasteiger partial charge in [-0.15, -0.1) is 0 Å². The van der Waals surface area contributed by atoms with Crippen LogP contribution < -0.4 is 14.8 Å². The smallest absolute Gasteiger partial charge is 0.407 e. The summed E-state index contributed by atoms with van der Waals surface area (Å²) in [7, 11) is -4.25. The first kappa shape index (κ1) is 37.6. The molecule has 5 rings (SSSR count). The maximum Gasteiger partial charge on any atom is 0.407 e. The van der Waals surface area contributed by atoms with E-state index < -0.39 is 52.2 Å². The number of benzene rings is 2. The van der Waals surface area contributed by atoms with Crippen LogP contribution in [0.15, 0.2) is 53.4 Å². The molecule has 0 aromatic heterocycles. The summed E-state index contributed by atoms with van der Waals surface area (Å²) in [6, 6.07) is 12.6. The molecular formula is C34H47N3O12S. The van der Waals surface area contributed by atoms with Crippen molar-refractivity contribution in [3.05, 3.63) is 54.1 Å². The highest BCUT2D eigenvalue weighted by Crippen LogP contribution is 2.36. The Morgan fingerprint density at radius 2 is 1.84 bits per heavy atom. The first-order valence-corrected chi connectivity index (χ1v) is 18.2. The normalized spacial score (nSPS) is 21.1. The molecular weight excluding hydrogens is 674 g/mol. The third kappa shape index (κ3) is 9.56. The van der Waals surface area contributed by atoms with Gasteiger partial charge < -0.3 is 49.2 Å². The van der Waals surface area contributed by atoms with Gasteiger partial charge in [-0.2, -0.15) is 4.31 Å². The van der Waals surface area contributed by atoms with E-state index >= 15 is 0 Å². The molecule has 50 heavy (non-hydrogen) atoms. The summed E-state index contributed by atoms with van der Waals surface area (Å²) < 4.78 is 57.5. The zero-order valence-electron chi connectivity index (χ0n) is 28.3. The molecule has 0 bridgehead atoms. The molecule has 4 N–H and O–H groups in total. The van der Waals surface area contributed by atoms with Gasteiger partial charge in [0.15, 0.2) is 17.8 Å². The number of hydrogen-bond donors (Lipinski definition) is 4. The third-order valence-electron chi connectivity index (χ3n) is 9.21. The molecule has 3 heterocycles. The number of carboxylic acid groups (broad SMARTS) is 1. The highest BCUT2D eigenvalue weighted by molar-refractivity contribution is 7.89. The highest BCUT2D eigenvalue weighted by atomic mass is 32.2. The van der Waals surface area contributed by atoms with Gasteiger partial charge in [0.05, 0.1) is 42.8 Å². The summed E-state index contributed by atoms with van der Waals surface area (Å²) >= 11 is 0. The van der Waals surface area contributed by atoms with E-state index in [1.807, 2.05) is 44.2 Å². The maximum atomic E-state index is 14.3. The summed E-state index contributed by atoms with van der Waals surface area (Å²) in [5.74, 6) is 0.602. The van der Waals surface area contributed by atoms with Crippen LogP contribution >= 0.6 is 0 Å². The van der Waals surface area contributed by atoms with Crippen molar-refractivity contribution in [3.8, 4) is 11.5 Å². The van der Waals surface area contributed by atoms with Crippen LogP contribution in [0.25, 0.3) is 0 Å². The standard InChI is InChI=1S/C34H47N3O12S/c1-34(2,12-6-13-36(14-15-38)33(41)42)21-37(50(43,44)24-9-10-28-29(18-24)48-22-47-28)19-27(39)26(17-23-7-4-3-5-8-23)35-32(40)49-30-20-46-31-25(30)11-16-45-31/h3-5,7-10,18,25-27,30-31,38-39H,6,11-17,19-22H2,1-2H3,(H,35,40)(H,41,42)/t25-,26-,27+,30-,31+/m0/s1. The van der Waals surface area contributed by atoms with E-state index in [0.29, 0.717) is 31.6 Å². The summed E-state index contributed by atoms with van der Waals surface area (Å²) in [6.45, 7) is 3.77. The summed E-state index contributed by atoms with van der Waals surface area (Å²) in [5.41, 5.74) is 0.123. The van der Waals surface area contributed by atoms with Gasteiger partial charge in [-0.1, -0.05) is 44.2 Å². The molecule has 0 radical (unpaired) electrons. The monoisotopic (exact) mass is 721 g/mol. The van der Waals surface area contributed by atoms with Crippen molar-refractivity contribution in [1.82, 2.24) is 14.5 Å². The number of nitrogens with zero attached hydrogens (tertiary/aromatic N) is 2. The van der Waals surface area contributed by atoms with Crippen LogP contribution in [-0.2, 0) is 30.7 Å². The quantitative estimate of drug-likeness (QED) is 0.187. The second-order valence-corrected chi connectivity index (χ2v) is 15.5. The second-order valence-electron chi connectivity index (χ2n) is 13.6. The van der Waals surface area contributed by atoms with Crippen LogP contribution in [0.5, 0.6) is 11.5 Å². The lowest BCUT2D eigenvalue weighted by Gasteiger charge is -2.35. The Balaban J connectivity index is 1.36. The first-order chi connectivity index (χ1) is 23.9. The van der Waals surface area contributed by atoms with Gasteiger partial charge in [0.1, 0.15) is 6.10 Å². The van der Waals surface area contributed by atoms with Gasteiger partial charge in [0.2, 0.25) is 16.8 Å². The average Bonchev–Trinajstić information content (AvgIpc) is 3.83. The molecule has 2 fully saturated rings. The summed E-state index contributed by atoms with van der Waals surface area (Å²) in [4.78, 5) is 25.8.